The van der Waals surface area contributed by atoms with Crippen molar-refractivity contribution in [2.24, 2.45) is 5.92 Å². The first-order valence-corrected chi connectivity index (χ1v) is 9.77. The molecule has 0 unspecified atom stereocenters. The van der Waals surface area contributed by atoms with E-state index in [2.05, 4.69) is 20.4 Å². The maximum Gasteiger partial charge on any atom is 0.232 e. The number of hydrogen-bond donors (Lipinski definition) is 1. The number of benzene rings is 1. The molecular weight excluding hydrogens is 338 g/mol. The number of methoxy groups -OCH3 is 1. The molecule has 0 radical (unpaired) electrons. The van der Waals surface area contributed by atoms with E-state index in [1.54, 1.807) is 11.6 Å². The van der Waals surface area contributed by atoms with Gasteiger partial charge in [-0.2, -0.15) is 14.6 Å². The summed E-state index contributed by atoms with van der Waals surface area (Å²) in [6.07, 6.45) is 9.65. The molecule has 0 amide bonds. The SMILES string of the molecule is COc1cc(C)ccc1Nc1nc(C)nc2c(CCCCC3CC3)cnn12. The van der Waals surface area contributed by atoms with E-state index in [4.69, 9.17) is 4.74 Å². The Bertz CT molecular complexity index is 945. The molecule has 6 heteroatoms. The minimum Gasteiger partial charge on any atom is -0.495 e. The molecule has 1 fully saturated rings. The van der Waals surface area contributed by atoms with Gasteiger partial charge in [0.25, 0.3) is 0 Å². The molecule has 1 saturated carbocycles. The zero-order valence-electron chi connectivity index (χ0n) is 16.3. The number of ether oxygens (including phenoxy) is 1. The number of fused-ring (bicyclic) bond motifs is 1. The van der Waals surface area contributed by atoms with Crippen molar-refractivity contribution in [3.8, 4) is 5.75 Å². The highest BCUT2D eigenvalue weighted by Gasteiger charge is 2.20. The van der Waals surface area contributed by atoms with Crippen molar-refractivity contribution < 1.29 is 4.74 Å². The topological polar surface area (TPSA) is 64.3 Å². The summed E-state index contributed by atoms with van der Waals surface area (Å²) >= 11 is 0. The normalized spacial score (nSPS) is 13.9. The Morgan fingerprint density at radius 3 is 2.81 bits per heavy atom. The number of nitrogens with zero attached hydrogens (tertiary/aromatic N) is 4. The number of aryl methyl sites for hydroxylation is 3. The smallest absolute Gasteiger partial charge is 0.232 e. The van der Waals surface area contributed by atoms with E-state index in [9.17, 15) is 0 Å². The molecule has 6 nitrogen and oxygen atoms in total. The van der Waals surface area contributed by atoms with Crippen LogP contribution in [0.1, 0.15) is 49.1 Å². The lowest BCUT2D eigenvalue weighted by Crippen LogP contribution is -2.07. The van der Waals surface area contributed by atoms with Crippen LogP contribution in [0, 0.1) is 19.8 Å². The van der Waals surface area contributed by atoms with E-state index >= 15 is 0 Å². The first-order chi connectivity index (χ1) is 13.1. The van der Waals surface area contributed by atoms with Gasteiger partial charge in [0, 0.05) is 5.56 Å². The van der Waals surface area contributed by atoms with E-state index in [1.807, 2.05) is 38.2 Å². The summed E-state index contributed by atoms with van der Waals surface area (Å²) in [4.78, 5) is 9.20. The summed E-state index contributed by atoms with van der Waals surface area (Å²) in [6.45, 7) is 3.96. The third-order valence-electron chi connectivity index (χ3n) is 5.16. The van der Waals surface area contributed by atoms with Crippen LogP contribution in [0.15, 0.2) is 24.4 Å². The average Bonchev–Trinajstić information content (AvgIpc) is 3.39. The monoisotopic (exact) mass is 365 g/mol. The molecule has 0 saturated heterocycles. The van der Waals surface area contributed by atoms with Crippen molar-refractivity contribution in [3.63, 3.8) is 0 Å². The number of hydrogen-bond acceptors (Lipinski definition) is 5. The van der Waals surface area contributed by atoms with E-state index in [-0.39, 0.29) is 0 Å². The summed E-state index contributed by atoms with van der Waals surface area (Å²) < 4.78 is 7.29. The van der Waals surface area contributed by atoms with Gasteiger partial charge in [0.05, 0.1) is 19.0 Å². The highest BCUT2D eigenvalue weighted by atomic mass is 16.5. The standard InChI is InChI=1S/C21H27N5O/c1-14-8-11-18(19(12-14)27-3)25-21-24-15(2)23-20-17(13-22-26(20)21)7-5-4-6-16-9-10-16/h8,11-13,16H,4-7,9-10H2,1-3H3,(H,23,24,25). The lowest BCUT2D eigenvalue weighted by atomic mass is 10.1. The van der Waals surface area contributed by atoms with Crippen molar-refractivity contribution in [2.45, 2.75) is 52.4 Å². The third-order valence-corrected chi connectivity index (χ3v) is 5.16. The zero-order chi connectivity index (χ0) is 18.8. The molecule has 0 bridgehead atoms. The van der Waals surface area contributed by atoms with Crippen LogP contribution in [-0.4, -0.2) is 26.7 Å². The summed E-state index contributed by atoms with van der Waals surface area (Å²) in [5.41, 5.74) is 4.09. The van der Waals surface area contributed by atoms with Gasteiger partial charge in [-0.3, -0.25) is 0 Å². The summed E-state index contributed by atoms with van der Waals surface area (Å²) in [5.74, 6) is 3.17. The molecule has 2 aromatic heterocycles. The first-order valence-electron chi connectivity index (χ1n) is 9.77. The Balaban J connectivity index is 1.57. The molecule has 1 aromatic carbocycles. The number of nitrogens with one attached hydrogen (secondary N) is 1. The number of unbranched alkanes of at least 4 members (excludes halogenated alkanes) is 1. The molecule has 2 heterocycles. The average molecular weight is 365 g/mol. The van der Waals surface area contributed by atoms with Gasteiger partial charge in [0.15, 0.2) is 5.65 Å². The molecule has 1 N–H and O–H groups in total. The third kappa shape index (κ3) is 4.04. The zero-order valence-corrected chi connectivity index (χ0v) is 16.3. The van der Waals surface area contributed by atoms with Gasteiger partial charge >= 0.3 is 0 Å². The molecular formula is C21H27N5O. The van der Waals surface area contributed by atoms with Crippen molar-refractivity contribution in [1.29, 1.82) is 0 Å². The van der Waals surface area contributed by atoms with Crippen LogP contribution in [-0.2, 0) is 6.42 Å². The Hall–Kier alpha value is -2.63. The molecule has 0 atom stereocenters. The second-order valence-electron chi connectivity index (χ2n) is 7.52. The van der Waals surface area contributed by atoms with Gasteiger partial charge in [-0.25, -0.2) is 4.98 Å². The number of aromatic nitrogens is 4. The molecule has 1 aliphatic rings. The van der Waals surface area contributed by atoms with Gasteiger partial charge in [-0.1, -0.05) is 31.7 Å². The van der Waals surface area contributed by atoms with Crippen LogP contribution in [0.3, 0.4) is 0 Å². The van der Waals surface area contributed by atoms with Crippen molar-refractivity contribution >= 4 is 17.3 Å². The second-order valence-corrected chi connectivity index (χ2v) is 7.52. The van der Waals surface area contributed by atoms with Crippen LogP contribution in [0.4, 0.5) is 11.6 Å². The van der Waals surface area contributed by atoms with Crippen molar-refractivity contribution in [1.82, 2.24) is 19.6 Å². The summed E-state index contributed by atoms with van der Waals surface area (Å²) in [6, 6.07) is 6.05. The predicted molar refractivity (Wildman–Crippen MR) is 107 cm³/mol. The number of rotatable bonds is 8. The maximum atomic E-state index is 5.50. The van der Waals surface area contributed by atoms with Crippen molar-refractivity contribution in [2.75, 3.05) is 12.4 Å². The lowest BCUT2D eigenvalue weighted by molar-refractivity contribution is 0.416. The molecule has 4 rings (SSSR count). The van der Waals surface area contributed by atoms with Gasteiger partial charge in [-0.15, -0.1) is 0 Å². The Kier molecular flexibility index (Phi) is 4.97. The minimum absolute atomic E-state index is 0.656. The highest BCUT2D eigenvalue weighted by Crippen LogP contribution is 2.34. The molecule has 0 spiro atoms. The summed E-state index contributed by atoms with van der Waals surface area (Å²) in [7, 11) is 1.68. The van der Waals surface area contributed by atoms with Gasteiger partial charge in [-0.05, 0) is 50.3 Å². The van der Waals surface area contributed by atoms with Gasteiger partial charge in [0.1, 0.15) is 11.6 Å². The lowest BCUT2D eigenvalue weighted by Gasteiger charge is -2.12. The van der Waals surface area contributed by atoms with Crippen LogP contribution in [0.25, 0.3) is 5.65 Å². The minimum atomic E-state index is 0.656. The largest absolute Gasteiger partial charge is 0.495 e. The van der Waals surface area contributed by atoms with Crippen LogP contribution >= 0.6 is 0 Å². The van der Waals surface area contributed by atoms with Gasteiger partial charge < -0.3 is 10.1 Å². The second kappa shape index (κ2) is 7.55. The fourth-order valence-corrected chi connectivity index (χ4v) is 3.46. The van der Waals surface area contributed by atoms with E-state index in [0.717, 1.165) is 40.8 Å². The van der Waals surface area contributed by atoms with Crippen LogP contribution in [0.2, 0.25) is 0 Å². The number of anilines is 2. The van der Waals surface area contributed by atoms with Crippen molar-refractivity contribution in [3.05, 3.63) is 41.3 Å². The van der Waals surface area contributed by atoms with Crippen LogP contribution < -0.4 is 10.1 Å². The summed E-state index contributed by atoms with van der Waals surface area (Å²) in [5, 5.41) is 7.91. The van der Waals surface area contributed by atoms with E-state index in [0.29, 0.717) is 5.95 Å². The predicted octanol–water partition coefficient (Wildman–Crippen LogP) is 4.62. The molecule has 3 aromatic rings. The quantitative estimate of drug-likeness (QED) is 0.590. The highest BCUT2D eigenvalue weighted by molar-refractivity contribution is 5.65. The molecule has 27 heavy (non-hydrogen) atoms. The molecule has 142 valence electrons. The van der Waals surface area contributed by atoms with Gasteiger partial charge in [0.2, 0.25) is 5.95 Å². The Labute approximate surface area is 160 Å². The molecule has 0 aliphatic heterocycles. The Morgan fingerprint density at radius 1 is 1.19 bits per heavy atom. The maximum absolute atomic E-state index is 5.50. The van der Waals surface area contributed by atoms with E-state index < -0.39 is 0 Å². The fraction of sp³-hybridized carbons (Fsp3) is 0.476. The van der Waals surface area contributed by atoms with E-state index in [1.165, 1.54) is 37.7 Å². The van der Waals surface area contributed by atoms with Crippen LogP contribution in [0.5, 0.6) is 5.75 Å². The first kappa shape index (κ1) is 17.8. The fourth-order valence-electron chi connectivity index (χ4n) is 3.46. The Morgan fingerprint density at radius 2 is 2.04 bits per heavy atom. The molecule has 1 aliphatic carbocycles.